The number of sulfonamides is 1. The molecular formula is C15H20N2O4S. The molecule has 1 aliphatic rings. The van der Waals surface area contributed by atoms with Gasteiger partial charge in [0.05, 0.1) is 7.11 Å². The van der Waals surface area contributed by atoms with Gasteiger partial charge in [0, 0.05) is 19.2 Å². The van der Waals surface area contributed by atoms with Crippen molar-refractivity contribution in [2.45, 2.75) is 17.7 Å². The van der Waals surface area contributed by atoms with Crippen molar-refractivity contribution in [1.82, 2.24) is 9.62 Å². The summed E-state index contributed by atoms with van der Waals surface area (Å²) < 4.78 is 31.3. The number of likely N-dealkylation sites (tertiary alicyclic amines) is 1. The molecule has 0 unspecified atom stereocenters. The van der Waals surface area contributed by atoms with Gasteiger partial charge in [-0.05, 0) is 43.7 Å². The Morgan fingerprint density at radius 3 is 2.59 bits per heavy atom. The van der Waals surface area contributed by atoms with Crippen LogP contribution in [0.1, 0.15) is 18.4 Å². The number of carbonyl (C=O) groups excluding carboxylic acids is 1. The number of hydrogen-bond donors (Lipinski definition) is 1. The van der Waals surface area contributed by atoms with Gasteiger partial charge in [0.2, 0.25) is 15.9 Å². The lowest BCUT2D eigenvalue weighted by atomic mass is 10.2. The third kappa shape index (κ3) is 3.66. The maximum atomic E-state index is 12.0. The van der Waals surface area contributed by atoms with Gasteiger partial charge < -0.3 is 9.64 Å². The van der Waals surface area contributed by atoms with Gasteiger partial charge in [-0.25, -0.2) is 13.1 Å². The molecule has 0 spiro atoms. The molecule has 22 heavy (non-hydrogen) atoms. The minimum atomic E-state index is -3.62. The number of rotatable bonds is 5. The SMILES string of the molecule is CNS(=O)(=O)c1cc(/C=C/C(=O)N2CCCC2)ccc1OC. The summed E-state index contributed by atoms with van der Waals surface area (Å²) in [6.45, 7) is 1.57. The van der Waals surface area contributed by atoms with Crippen LogP contribution in [0.4, 0.5) is 0 Å². The van der Waals surface area contributed by atoms with E-state index in [0.717, 1.165) is 25.9 Å². The van der Waals surface area contributed by atoms with E-state index < -0.39 is 10.0 Å². The summed E-state index contributed by atoms with van der Waals surface area (Å²) in [5.41, 5.74) is 0.627. The molecule has 0 aromatic heterocycles. The number of benzene rings is 1. The fourth-order valence-corrected chi connectivity index (χ4v) is 3.25. The summed E-state index contributed by atoms with van der Waals surface area (Å²) in [7, 11) is -0.867. The first-order valence-electron chi connectivity index (χ1n) is 7.06. The van der Waals surface area contributed by atoms with Gasteiger partial charge in [-0.15, -0.1) is 0 Å². The maximum Gasteiger partial charge on any atom is 0.246 e. The van der Waals surface area contributed by atoms with Crippen molar-refractivity contribution in [2.24, 2.45) is 0 Å². The maximum absolute atomic E-state index is 12.0. The molecular weight excluding hydrogens is 304 g/mol. The van der Waals surface area contributed by atoms with E-state index in [1.54, 1.807) is 23.1 Å². The smallest absolute Gasteiger partial charge is 0.246 e. The van der Waals surface area contributed by atoms with Gasteiger partial charge in [0.1, 0.15) is 10.6 Å². The van der Waals surface area contributed by atoms with Crippen LogP contribution >= 0.6 is 0 Å². The summed E-state index contributed by atoms with van der Waals surface area (Å²) >= 11 is 0. The highest BCUT2D eigenvalue weighted by Crippen LogP contribution is 2.25. The quantitative estimate of drug-likeness (QED) is 0.827. The molecule has 0 radical (unpaired) electrons. The number of carbonyl (C=O) groups is 1. The van der Waals surface area contributed by atoms with E-state index in [0.29, 0.717) is 5.56 Å². The van der Waals surface area contributed by atoms with Gasteiger partial charge >= 0.3 is 0 Å². The molecule has 0 saturated carbocycles. The van der Waals surface area contributed by atoms with Crippen molar-refractivity contribution in [3.63, 3.8) is 0 Å². The molecule has 1 saturated heterocycles. The Morgan fingerprint density at radius 2 is 2.00 bits per heavy atom. The Balaban J connectivity index is 2.25. The summed E-state index contributed by atoms with van der Waals surface area (Å²) in [4.78, 5) is 13.8. The Bertz CT molecular complexity index is 677. The number of amides is 1. The first kappa shape index (κ1) is 16.5. The Hall–Kier alpha value is -1.86. The van der Waals surface area contributed by atoms with Crippen molar-refractivity contribution in [1.29, 1.82) is 0 Å². The van der Waals surface area contributed by atoms with Crippen molar-refractivity contribution in [3.05, 3.63) is 29.8 Å². The van der Waals surface area contributed by atoms with Gasteiger partial charge in [-0.3, -0.25) is 4.79 Å². The first-order chi connectivity index (χ1) is 10.5. The summed E-state index contributed by atoms with van der Waals surface area (Å²) in [6, 6.07) is 4.77. The minimum Gasteiger partial charge on any atom is -0.495 e. The van der Waals surface area contributed by atoms with Gasteiger partial charge in [0.25, 0.3) is 0 Å². The minimum absolute atomic E-state index is 0.0493. The predicted octanol–water partition coefficient (Wildman–Crippen LogP) is 1.24. The van der Waals surface area contributed by atoms with Gasteiger partial charge in [0.15, 0.2) is 0 Å². The average Bonchev–Trinajstić information content (AvgIpc) is 3.06. The largest absolute Gasteiger partial charge is 0.495 e. The zero-order valence-corrected chi connectivity index (χ0v) is 13.5. The third-order valence-corrected chi connectivity index (χ3v) is 5.02. The number of nitrogens with one attached hydrogen (secondary N) is 1. The molecule has 2 rings (SSSR count). The zero-order valence-electron chi connectivity index (χ0n) is 12.7. The molecule has 0 atom stereocenters. The predicted molar refractivity (Wildman–Crippen MR) is 84.1 cm³/mol. The van der Waals surface area contributed by atoms with Crippen LogP contribution in [-0.2, 0) is 14.8 Å². The molecule has 0 aliphatic carbocycles. The van der Waals surface area contributed by atoms with Crippen molar-refractivity contribution >= 4 is 22.0 Å². The Morgan fingerprint density at radius 1 is 1.32 bits per heavy atom. The normalized spacial score (nSPS) is 15.5. The van der Waals surface area contributed by atoms with Crippen LogP contribution in [0.25, 0.3) is 6.08 Å². The van der Waals surface area contributed by atoms with Crippen LogP contribution in [0.2, 0.25) is 0 Å². The fourth-order valence-electron chi connectivity index (χ4n) is 2.33. The number of nitrogens with zero attached hydrogens (tertiary/aromatic N) is 1. The highest BCUT2D eigenvalue weighted by atomic mass is 32.2. The molecule has 1 fully saturated rings. The van der Waals surface area contributed by atoms with E-state index in [1.165, 1.54) is 26.3 Å². The van der Waals surface area contributed by atoms with Gasteiger partial charge in [-0.2, -0.15) is 0 Å². The van der Waals surface area contributed by atoms with Crippen LogP contribution in [0.5, 0.6) is 5.75 Å². The lowest BCUT2D eigenvalue weighted by Crippen LogP contribution is -2.25. The van der Waals surface area contributed by atoms with E-state index >= 15 is 0 Å². The number of hydrogen-bond acceptors (Lipinski definition) is 4. The van der Waals surface area contributed by atoms with E-state index in [4.69, 9.17) is 4.74 Å². The molecule has 1 aliphatic heterocycles. The summed E-state index contributed by atoms with van der Waals surface area (Å²) in [5.74, 6) is 0.212. The molecule has 1 N–H and O–H groups in total. The number of methoxy groups -OCH3 is 1. The molecule has 1 aromatic rings. The van der Waals surface area contributed by atoms with Crippen molar-refractivity contribution in [2.75, 3.05) is 27.2 Å². The standard InChI is InChI=1S/C15H20N2O4S/c1-16-22(19,20)14-11-12(5-7-13(14)21-2)6-8-15(18)17-9-3-4-10-17/h5-8,11,16H,3-4,9-10H2,1-2H3/b8-6+. The molecule has 1 aromatic carbocycles. The van der Waals surface area contributed by atoms with E-state index in [2.05, 4.69) is 4.72 Å². The highest BCUT2D eigenvalue weighted by molar-refractivity contribution is 7.89. The second-order valence-corrected chi connectivity index (χ2v) is 6.84. The fraction of sp³-hybridized carbons (Fsp3) is 0.400. The van der Waals surface area contributed by atoms with E-state index in [9.17, 15) is 13.2 Å². The Kier molecular flexibility index (Phi) is 5.20. The molecule has 6 nitrogen and oxygen atoms in total. The van der Waals surface area contributed by atoms with Crippen molar-refractivity contribution < 1.29 is 17.9 Å². The average molecular weight is 324 g/mol. The van der Waals surface area contributed by atoms with Crippen LogP contribution in [0, 0.1) is 0 Å². The lowest BCUT2D eigenvalue weighted by Gasteiger charge is -2.12. The first-order valence-corrected chi connectivity index (χ1v) is 8.55. The van der Waals surface area contributed by atoms with Crippen molar-refractivity contribution in [3.8, 4) is 5.75 Å². The molecule has 120 valence electrons. The van der Waals surface area contributed by atoms with Crippen LogP contribution < -0.4 is 9.46 Å². The summed E-state index contributed by atoms with van der Waals surface area (Å²) in [5, 5.41) is 0. The monoisotopic (exact) mass is 324 g/mol. The van der Waals surface area contributed by atoms with E-state index in [-0.39, 0.29) is 16.6 Å². The van der Waals surface area contributed by atoms with Gasteiger partial charge in [-0.1, -0.05) is 6.07 Å². The van der Waals surface area contributed by atoms with E-state index in [1.807, 2.05) is 0 Å². The second-order valence-electron chi connectivity index (χ2n) is 4.98. The highest BCUT2D eigenvalue weighted by Gasteiger charge is 2.18. The molecule has 1 heterocycles. The summed E-state index contributed by atoms with van der Waals surface area (Å²) in [6.07, 6.45) is 5.16. The van der Waals surface area contributed by atoms with Crippen LogP contribution in [-0.4, -0.2) is 46.5 Å². The molecule has 0 bridgehead atoms. The second kappa shape index (κ2) is 6.93. The Labute approximate surface area is 130 Å². The molecule has 7 heteroatoms. The topological polar surface area (TPSA) is 75.7 Å². The van der Waals surface area contributed by atoms with Crippen LogP contribution in [0.3, 0.4) is 0 Å². The lowest BCUT2D eigenvalue weighted by molar-refractivity contribution is -0.124. The van der Waals surface area contributed by atoms with Crippen LogP contribution in [0.15, 0.2) is 29.2 Å². The zero-order chi connectivity index (χ0) is 16.2. The number of ether oxygens (including phenoxy) is 1. The third-order valence-electron chi connectivity index (χ3n) is 3.58. The molecule has 1 amide bonds.